The molecule has 0 bridgehead atoms. The van der Waals surface area contributed by atoms with Crippen molar-refractivity contribution in [2.75, 3.05) is 68.8 Å². The standard InChI is InChI=1S/C31H44N4O3S/c1-39(37,38)30-23-27(31(36)35-17-6-3-7-18-35)28(32-14-21-33-15-8-9-16-33)24-29(30)34-19-12-26(13-20-34)22-25-10-4-2-5-11-25/h2,4-5,10-11,23-24,26,32H,3,6-9,12-22H2,1H3. The van der Waals surface area contributed by atoms with Gasteiger partial charge in [-0.15, -0.1) is 0 Å². The molecule has 5 rings (SSSR count). The molecular formula is C31H44N4O3S. The van der Waals surface area contributed by atoms with Gasteiger partial charge in [0, 0.05) is 51.2 Å². The number of likely N-dealkylation sites (tertiary alicyclic amines) is 2. The van der Waals surface area contributed by atoms with Gasteiger partial charge in [0.05, 0.1) is 16.1 Å². The van der Waals surface area contributed by atoms with Gasteiger partial charge in [-0.25, -0.2) is 8.42 Å². The van der Waals surface area contributed by atoms with Crippen molar-refractivity contribution in [2.24, 2.45) is 5.92 Å². The minimum absolute atomic E-state index is 0.0589. The average molecular weight is 553 g/mol. The molecule has 3 fully saturated rings. The summed E-state index contributed by atoms with van der Waals surface area (Å²) in [4.78, 5) is 20.5. The minimum Gasteiger partial charge on any atom is -0.383 e. The molecule has 2 aromatic carbocycles. The molecule has 2 aromatic rings. The maximum absolute atomic E-state index is 13.7. The molecule has 0 aromatic heterocycles. The summed E-state index contributed by atoms with van der Waals surface area (Å²) < 4.78 is 26.1. The summed E-state index contributed by atoms with van der Waals surface area (Å²) in [6.07, 6.45) is 9.98. The maximum atomic E-state index is 13.7. The van der Waals surface area contributed by atoms with Crippen molar-refractivity contribution in [1.82, 2.24) is 9.80 Å². The van der Waals surface area contributed by atoms with Crippen LogP contribution in [0.1, 0.15) is 60.9 Å². The van der Waals surface area contributed by atoms with E-state index in [2.05, 4.69) is 45.4 Å². The summed E-state index contributed by atoms with van der Waals surface area (Å²) >= 11 is 0. The van der Waals surface area contributed by atoms with E-state index >= 15 is 0 Å². The number of nitrogens with zero attached hydrogens (tertiary/aromatic N) is 3. The largest absolute Gasteiger partial charge is 0.383 e. The van der Waals surface area contributed by atoms with Gasteiger partial charge in [0.25, 0.3) is 5.91 Å². The van der Waals surface area contributed by atoms with Crippen LogP contribution in [0.4, 0.5) is 11.4 Å². The molecular weight excluding hydrogens is 508 g/mol. The highest BCUT2D eigenvalue weighted by Crippen LogP contribution is 2.36. The van der Waals surface area contributed by atoms with Crippen molar-refractivity contribution >= 4 is 27.1 Å². The quantitative estimate of drug-likeness (QED) is 0.487. The molecule has 3 aliphatic rings. The van der Waals surface area contributed by atoms with Crippen LogP contribution in [0.3, 0.4) is 0 Å². The Morgan fingerprint density at radius 3 is 2.23 bits per heavy atom. The van der Waals surface area contributed by atoms with Crippen LogP contribution < -0.4 is 10.2 Å². The molecule has 0 spiro atoms. The van der Waals surface area contributed by atoms with Gasteiger partial charge in [-0.3, -0.25) is 4.79 Å². The molecule has 0 radical (unpaired) electrons. The first-order valence-corrected chi connectivity index (χ1v) is 16.7. The lowest BCUT2D eigenvalue weighted by Gasteiger charge is -2.35. The first-order valence-electron chi connectivity index (χ1n) is 14.8. The molecule has 39 heavy (non-hydrogen) atoms. The van der Waals surface area contributed by atoms with Gasteiger partial charge in [0.2, 0.25) is 0 Å². The van der Waals surface area contributed by atoms with Crippen LogP contribution in [0.5, 0.6) is 0 Å². The molecule has 0 atom stereocenters. The van der Waals surface area contributed by atoms with E-state index < -0.39 is 9.84 Å². The number of hydrogen-bond acceptors (Lipinski definition) is 6. The SMILES string of the molecule is CS(=O)(=O)c1cc(C(=O)N2CCCCC2)c(NCCN2CCCC2)cc1N1CCC(Cc2ccccc2)CC1. The van der Waals surface area contributed by atoms with E-state index in [9.17, 15) is 13.2 Å². The number of sulfone groups is 1. The Hall–Kier alpha value is -2.58. The minimum atomic E-state index is -3.53. The molecule has 1 N–H and O–H groups in total. The normalized spacial score (nSPS) is 19.4. The molecule has 8 heteroatoms. The van der Waals surface area contributed by atoms with E-state index in [1.165, 1.54) is 24.7 Å². The van der Waals surface area contributed by atoms with Crippen LogP contribution in [-0.2, 0) is 16.3 Å². The number of carbonyl (C=O) groups excluding carboxylic acids is 1. The van der Waals surface area contributed by atoms with Crippen LogP contribution in [-0.4, -0.2) is 82.7 Å². The topological polar surface area (TPSA) is 73.0 Å². The summed E-state index contributed by atoms with van der Waals surface area (Å²) in [7, 11) is -3.53. The van der Waals surface area contributed by atoms with Gasteiger partial charge in [-0.2, -0.15) is 0 Å². The van der Waals surface area contributed by atoms with E-state index in [-0.39, 0.29) is 10.8 Å². The van der Waals surface area contributed by atoms with Crippen LogP contribution in [0, 0.1) is 5.92 Å². The lowest BCUT2D eigenvalue weighted by atomic mass is 9.90. The number of carbonyl (C=O) groups is 1. The summed E-state index contributed by atoms with van der Waals surface area (Å²) in [6.45, 7) is 6.99. The molecule has 3 aliphatic heterocycles. The number of anilines is 2. The third kappa shape index (κ3) is 7.14. The smallest absolute Gasteiger partial charge is 0.255 e. The zero-order valence-electron chi connectivity index (χ0n) is 23.4. The zero-order chi connectivity index (χ0) is 27.2. The molecule has 7 nitrogen and oxygen atoms in total. The first-order chi connectivity index (χ1) is 18.9. The van der Waals surface area contributed by atoms with Gasteiger partial charge in [-0.1, -0.05) is 30.3 Å². The summed E-state index contributed by atoms with van der Waals surface area (Å²) in [6, 6.07) is 14.2. The van der Waals surface area contributed by atoms with Crippen molar-refractivity contribution in [3.8, 4) is 0 Å². The van der Waals surface area contributed by atoms with E-state index in [0.717, 1.165) is 102 Å². The molecule has 1 amide bonds. The molecule has 0 aliphatic carbocycles. The van der Waals surface area contributed by atoms with Crippen LogP contribution in [0.2, 0.25) is 0 Å². The number of nitrogens with one attached hydrogen (secondary N) is 1. The fourth-order valence-electron chi connectivity index (χ4n) is 6.38. The fourth-order valence-corrected chi connectivity index (χ4v) is 7.28. The van der Waals surface area contributed by atoms with Crippen molar-refractivity contribution in [3.05, 3.63) is 53.6 Å². The van der Waals surface area contributed by atoms with Crippen molar-refractivity contribution < 1.29 is 13.2 Å². The molecule has 212 valence electrons. The number of benzene rings is 2. The average Bonchev–Trinajstić information content (AvgIpc) is 3.47. The Morgan fingerprint density at radius 1 is 0.897 bits per heavy atom. The summed E-state index contributed by atoms with van der Waals surface area (Å²) in [5.74, 6) is 0.528. The van der Waals surface area contributed by atoms with Gasteiger partial charge in [-0.05, 0) is 88.1 Å². The highest BCUT2D eigenvalue weighted by atomic mass is 32.2. The number of hydrogen-bond donors (Lipinski definition) is 1. The van der Waals surface area contributed by atoms with E-state index in [0.29, 0.717) is 11.5 Å². The summed E-state index contributed by atoms with van der Waals surface area (Å²) in [5, 5.41) is 3.55. The number of amides is 1. The molecule has 3 saturated heterocycles. The van der Waals surface area contributed by atoms with E-state index in [4.69, 9.17) is 0 Å². The van der Waals surface area contributed by atoms with Crippen LogP contribution in [0.15, 0.2) is 47.4 Å². The van der Waals surface area contributed by atoms with Crippen molar-refractivity contribution in [1.29, 1.82) is 0 Å². The zero-order valence-corrected chi connectivity index (χ0v) is 24.2. The Labute approximate surface area is 234 Å². The predicted molar refractivity (Wildman–Crippen MR) is 159 cm³/mol. The second-order valence-electron chi connectivity index (χ2n) is 11.6. The lowest BCUT2D eigenvalue weighted by Crippen LogP contribution is -2.37. The Bertz CT molecular complexity index is 1210. The monoisotopic (exact) mass is 552 g/mol. The van der Waals surface area contributed by atoms with Gasteiger partial charge >= 0.3 is 0 Å². The van der Waals surface area contributed by atoms with Gasteiger partial charge in [0.1, 0.15) is 0 Å². The second kappa shape index (κ2) is 12.7. The Kier molecular flexibility index (Phi) is 9.13. The number of rotatable bonds is 9. The van der Waals surface area contributed by atoms with Gasteiger partial charge < -0.3 is 20.0 Å². The first kappa shape index (κ1) is 28.0. The lowest BCUT2D eigenvalue weighted by molar-refractivity contribution is 0.0725. The fraction of sp³-hybridized carbons (Fsp3) is 0.581. The summed E-state index contributed by atoms with van der Waals surface area (Å²) in [5.41, 5.74) is 3.34. The second-order valence-corrected chi connectivity index (χ2v) is 13.6. The van der Waals surface area contributed by atoms with Crippen LogP contribution in [0.25, 0.3) is 0 Å². The van der Waals surface area contributed by atoms with Crippen molar-refractivity contribution in [2.45, 2.75) is 56.3 Å². The van der Waals surface area contributed by atoms with Gasteiger partial charge in [0.15, 0.2) is 9.84 Å². The molecule has 0 unspecified atom stereocenters. The molecule has 3 heterocycles. The van der Waals surface area contributed by atoms with E-state index in [1.54, 1.807) is 6.07 Å². The third-order valence-electron chi connectivity index (χ3n) is 8.64. The van der Waals surface area contributed by atoms with Crippen LogP contribution >= 0.6 is 0 Å². The number of piperidine rings is 2. The highest BCUT2D eigenvalue weighted by Gasteiger charge is 2.29. The maximum Gasteiger partial charge on any atom is 0.255 e. The highest BCUT2D eigenvalue weighted by molar-refractivity contribution is 7.90. The molecule has 0 saturated carbocycles. The third-order valence-corrected chi connectivity index (χ3v) is 9.76. The predicted octanol–water partition coefficient (Wildman–Crippen LogP) is 4.68. The Balaban J connectivity index is 1.40. The Morgan fingerprint density at radius 2 is 1.56 bits per heavy atom. The van der Waals surface area contributed by atoms with E-state index in [1.807, 2.05) is 11.0 Å². The van der Waals surface area contributed by atoms with Crippen molar-refractivity contribution in [3.63, 3.8) is 0 Å².